The van der Waals surface area contributed by atoms with Gasteiger partial charge >= 0.3 is 5.97 Å². The minimum atomic E-state index is -0.396. The maximum absolute atomic E-state index is 12.2. The summed E-state index contributed by atoms with van der Waals surface area (Å²) in [5, 5.41) is 4.00. The molecule has 1 N–H and O–H groups in total. The van der Waals surface area contributed by atoms with Crippen molar-refractivity contribution in [1.82, 2.24) is 0 Å². The molecule has 2 aromatic rings. The molecule has 4 nitrogen and oxygen atoms in total. The number of thioether (sulfide) groups is 1. The van der Waals surface area contributed by atoms with E-state index in [2.05, 4.69) is 5.32 Å². The first-order chi connectivity index (χ1) is 12.4. The fourth-order valence-corrected chi connectivity index (χ4v) is 3.67. The van der Waals surface area contributed by atoms with Gasteiger partial charge in [0.1, 0.15) is 0 Å². The number of anilines is 1. The Morgan fingerprint density at radius 2 is 1.96 bits per heavy atom. The summed E-state index contributed by atoms with van der Waals surface area (Å²) in [5.41, 5.74) is 2.66. The molecule has 1 amide bonds. The van der Waals surface area contributed by atoms with Gasteiger partial charge in [0.2, 0.25) is 5.91 Å². The maximum atomic E-state index is 12.2. The third-order valence-corrected chi connectivity index (χ3v) is 5.18. The first kappa shape index (κ1) is 20.6. The Morgan fingerprint density at radius 1 is 1.19 bits per heavy atom. The molecule has 0 saturated carbocycles. The number of carbonyl (C=O) groups excluding carboxylic acids is 2. The molecule has 7 heteroatoms. The van der Waals surface area contributed by atoms with Gasteiger partial charge in [0.05, 0.1) is 17.9 Å². The Hall–Kier alpha value is -1.69. The molecule has 0 saturated heterocycles. The number of hydrogen-bond acceptors (Lipinski definition) is 4. The van der Waals surface area contributed by atoms with Crippen LogP contribution in [0.15, 0.2) is 36.4 Å². The van der Waals surface area contributed by atoms with E-state index in [-0.39, 0.29) is 11.7 Å². The number of ether oxygens (including phenoxy) is 1. The second kappa shape index (κ2) is 9.86. The van der Waals surface area contributed by atoms with Crippen molar-refractivity contribution < 1.29 is 14.3 Å². The monoisotopic (exact) mass is 411 g/mol. The molecule has 2 rings (SSSR count). The lowest BCUT2D eigenvalue weighted by Crippen LogP contribution is -2.16. The van der Waals surface area contributed by atoms with Gasteiger partial charge in [-0.1, -0.05) is 35.3 Å². The summed E-state index contributed by atoms with van der Waals surface area (Å²) >= 11 is 13.4. The molecule has 0 spiro atoms. The molecular weight excluding hydrogens is 393 g/mol. The quantitative estimate of drug-likeness (QED) is 0.623. The summed E-state index contributed by atoms with van der Waals surface area (Å²) in [6.07, 6.45) is 0. The van der Waals surface area contributed by atoms with Crippen molar-refractivity contribution in [2.24, 2.45) is 0 Å². The third-order valence-electron chi connectivity index (χ3n) is 3.61. The minimum Gasteiger partial charge on any atom is -0.462 e. The van der Waals surface area contributed by atoms with Crippen molar-refractivity contribution in [2.45, 2.75) is 19.6 Å². The van der Waals surface area contributed by atoms with Crippen molar-refractivity contribution >= 4 is 52.5 Å². The molecule has 0 bridgehead atoms. The van der Waals surface area contributed by atoms with Gasteiger partial charge < -0.3 is 10.1 Å². The molecule has 0 atom stereocenters. The van der Waals surface area contributed by atoms with Gasteiger partial charge in [0, 0.05) is 21.5 Å². The highest BCUT2D eigenvalue weighted by atomic mass is 35.5. The number of carbonyl (C=O) groups is 2. The molecule has 26 heavy (non-hydrogen) atoms. The molecule has 0 unspecified atom stereocenters. The molecule has 0 heterocycles. The SMILES string of the molecule is CCOC(=O)c1cccc(NC(=O)CSCc2ccc(Cl)cc2Cl)c1C. The number of amides is 1. The Morgan fingerprint density at radius 3 is 2.65 bits per heavy atom. The van der Waals surface area contributed by atoms with E-state index >= 15 is 0 Å². The van der Waals surface area contributed by atoms with Crippen LogP contribution in [0.25, 0.3) is 0 Å². The van der Waals surface area contributed by atoms with Crippen LogP contribution >= 0.6 is 35.0 Å². The van der Waals surface area contributed by atoms with Gasteiger partial charge in [-0.3, -0.25) is 4.79 Å². The van der Waals surface area contributed by atoms with Gasteiger partial charge in [0.15, 0.2) is 0 Å². The normalized spacial score (nSPS) is 10.5. The van der Waals surface area contributed by atoms with Crippen LogP contribution < -0.4 is 5.32 Å². The summed E-state index contributed by atoms with van der Waals surface area (Å²) in [6, 6.07) is 10.5. The molecule has 0 aliphatic rings. The number of esters is 1. The van der Waals surface area contributed by atoms with Crippen molar-refractivity contribution in [3.8, 4) is 0 Å². The van der Waals surface area contributed by atoms with E-state index in [0.717, 1.165) is 5.56 Å². The lowest BCUT2D eigenvalue weighted by atomic mass is 10.1. The number of hydrogen-bond donors (Lipinski definition) is 1. The predicted molar refractivity (Wildman–Crippen MR) is 108 cm³/mol. The highest BCUT2D eigenvalue weighted by Crippen LogP contribution is 2.25. The van der Waals surface area contributed by atoms with Gasteiger partial charge in [-0.05, 0) is 49.2 Å². The molecule has 0 aromatic heterocycles. The number of nitrogens with one attached hydrogen (secondary N) is 1. The van der Waals surface area contributed by atoms with Crippen molar-refractivity contribution in [1.29, 1.82) is 0 Å². The summed E-state index contributed by atoms with van der Waals surface area (Å²) < 4.78 is 5.02. The molecule has 0 aliphatic carbocycles. The van der Waals surface area contributed by atoms with Gasteiger partial charge in [-0.2, -0.15) is 0 Å². The van der Waals surface area contributed by atoms with Crippen LogP contribution in [0.5, 0.6) is 0 Å². The third kappa shape index (κ3) is 5.66. The molecule has 138 valence electrons. The van der Waals surface area contributed by atoms with E-state index in [1.807, 2.05) is 6.07 Å². The average molecular weight is 412 g/mol. The van der Waals surface area contributed by atoms with Crippen LogP contribution in [-0.4, -0.2) is 24.2 Å². The number of benzene rings is 2. The number of halogens is 2. The van der Waals surface area contributed by atoms with Crippen LogP contribution in [0.3, 0.4) is 0 Å². The second-order valence-electron chi connectivity index (χ2n) is 5.48. The van der Waals surface area contributed by atoms with Gasteiger partial charge in [-0.25, -0.2) is 4.79 Å². The molecular formula is C19H19Cl2NO3S. The van der Waals surface area contributed by atoms with E-state index in [9.17, 15) is 9.59 Å². The van der Waals surface area contributed by atoms with Crippen LogP contribution in [-0.2, 0) is 15.3 Å². The largest absolute Gasteiger partial charge is 0.462 e. The van der Waals surface area contributed by atoms with Crippen molar-refractivity contribution in [2.75, 3.05) is 17.7 Å². The fourth-order valence-electron chi connectivity index (χ4n) is 2.28. The second-order valence-corrected chi connectivity index (χ2v) is 7.30. The first-order valence-electron chi connectivity index (χ1n) is 8.00. The Labute approximate surface area is 167 Å². The van der Waals surface area contributed by atoms with Crippen LogP contribution in [0, 0.1) is 6.92 Å². The van der Waals surface area contributed by atoms with Crippen LogP contribution in [0.4, 0.5) is 5.69 Å². The summed E-state index contributed by atoms with van der Waals surface area (Å²) in [6.45, 7) is 3.84. The topological polar surface area (TPSA) is 55.4 Å². The molecule has 0 fully saturated rings. The zero-order valence-electron chi connectivity index (χ0n) is 14.5. The average Bonchev–Trinajstić information content (AvgIpc) is 2.59. The van der Waals surface area contributed by atoms with Gasteiger partial charge in [0.25, 0.3) is 0 Å². The van der Waals surface area contributed by atoms with E-state index in [0.29, 0.717) is 39.2 Å². The summed E-state index contributed by atoms with van der Waals surface area (Å²) in [7, 11) is 0. The van der Waals surface area contributed by atoms with Gasteiger partial charge in [-0.15, -0.1) is 11.8 Å². The van der Waals surface area contributed by atoms with Crippen molar-refractivity contribution in [3.63, 3.8) is 0 Å². The lowest BCUT2D eigenvalue weighted by Gasteiger charge is -2.12. The number of rotatable bonds is 7. The molecule has 0 aliphatic heterocycles. The Kier molecular flexibility index (Phi) is 7.82. The summed E-state index contributed by atoms with van der Waals surface area (Å²) in [4.78, 5) is 24.1. The van der Waals surface area contributed by atoms with E-state index in [1.165, 1.54) is 11.8 Å². The maximum Gasteiger partial charge on any atom is 0.338 e. The predicted octanol–water partition coefficient (Wildman–Crippen LogP) is 5.35. The van der Waals surface area contributed by atoms with E-state index < -0.39 is 5.97 Å². The zero-order valence-corrected chi connectivity index (χ0v) is 16.8. The lowest BCUT2D eigenvalue weighted by molar-refractivity contribution is -0.113. The molecule has 2 aromatic carbocycles. The first-order valence-corrected chi connectivity index (χ1v) is 9.91. The minimum absolute atomic E-state index is 0.149. The fraction of sp³-hybridized carbons (Fsp3) is 0.263. The zero-order chi connectivity index (χ0) is 19.1. The van der Waals surface area contributed by atoms with E-state index in [4.69, 9.17) is 27.9 Å². The van der Waals surface area contributed by atoms with E-state index in [1.54, 1.807) is 44.2 Å². The Bertz CT molecular complexity index is 811. The smallest absolute Gasteiger partial charge is 0.338 e. The van der Waals surface area contributed by atoms with Crippen LogP contribution in [0.2, 0.25) is 10.0 Å². The van der Waals surface area contributed by atoms with Crippen LogP contribution in [0.1, 0.15) is 28.4 Å². The molecule has 0 radical (unpaired) electrons. The standard InChI is InChI=1S/C19H19Cl2NO3S/c1-3-25-19(24)15-5-4-6-17(12(15)2)22-18(23)11-26-10-13-7-8-14(20)9-16(13)21/h4-9H,3,10-11H2,1-2H3,(H,22,23). The highest BCUT2D eigenvalue weighted by Gasteiger charge is 2.14. The Balaban J connectivity index is 1.93. The highest BCUT2D eigenvalue weighted by molar-refractivity contribution is 7.99. The van der Waals surface area contributed by atoms with Crippen molar-refractivity contribution in [3.05, 3.63) is 63.1 Å². The summed E-state index contributed by atoms with van der Waals surface area (Å²) in [5.74, 6) is 0.324.